The maximum absolute atomic E-state index is 12.1. The van der Waals surface area contributed by atoms with E-state index in [-0.39, 0.29) is 11.3 Å². The number of carbonyl (C=O) groups is 2. The highest BCUT2D eigenvalue weighted by molar-refractivity contribution is 6.56. The summed E-state index contributed by atoms with van der Waals surface area (Å²) in [5.41, 5.74) is 1.52. The highest BCUT2D eigenvalue weighted by Crippen LogP contribution is 2.35. The number of fused-ring (bicyclic) bond motifs is 1. The summed E-state index contributed by atoms with van der Waals surface area (Å²) >= 11 is 12.0. The molecule has 0 aromatic heterocycles. The number of hydrogen-bond acceptors (Lipinski definition) is 3. The van der Waals surface area contributed by atoms with Gasteiger partial charge in [-0.2, -0.15) is 0 Å². The Morgan fingerprint density at radius 3 is 2.68 bits per heavy atom. The minimum absolute atomic E-state index is 0.0876. The van der Waals surface area contributed by atoms with Crippen molar-refractivity contribution >= 4 is 52.2 Å². The highest BCUT2D eigenvalue weighted by atomic mass is 35.5. The van der Waals surface area contributed by atoms with E-state index in [1.807, 2.05) is 0 Å². The fourth-order valence-corrected chi connectivity index (χ4v) is 2.67. The van der Waals surface area contributed by atoms with Crippen molar-refractivity contribution in [3.05, 3.63) is 57.6 Å². The van der Waals surface area contributed by atoms with Gasteiger partial charge in [-0.05, 0) is 30.3 Å². The van der Waals surface area contributed by atoms with Crippen molar-refractivity contribution in [2.75, 3.05) is 5.32 Å². The van der Waals surface area contributed by atoms with Gasteiger partial charge in [0.1, 0.15) is 5.71 Å². The molecule has 1 heterocycles. The topological polar surface area (TPSA) is 78.8 Å². The maximum atomic E-state index is 12.1. The number of benzene rings is 2. The summed E-state index contributed by atoms with van der Waals surface area (Å²) in [6.07, 6.45) is 0. The molecule has 0 fully saturated rings. The molecule has 0 spiro atoms. The predicted molar refractivity (Wildman–Crippen MR) is 84.7 cm³/mol. The monoisotopic (exact) mass is 334 g/mol. The number of nitrogens with zero attached hydrogens (tertiary/aromatic N) is 1. The number of halogens is 2. The van der Waals surface area contributed by atoms with Crippen LogP contribution in [0.3, 0.4) is 0 Å². The summed E-state index contributed by atoms with van der Waals surface area (Å²) in [4.78, 5) is 27.3. The third kappa shape index (κ3) is 2.56. The summed E-state index contributed by atoms with van der Waals surface area (Å²) in [6, 6.07) is 9.10. The Hall–Kier alpha value is -2.37. The number of carboxylic acids is 1. The molecule has 1 aliphatic heterocycles. The van der Waals surface area contributed by atoms with Crippen LogP contribution in [-0.4, -0.2) is 22.7 Å². The van der Waals surface area contributed by atoms with Gasteiger partial charge >= 0.3 is 5.97 Å². The van der Waals surface area contributed by atoms with Gasteiger partial charge in [-0.3, -0.25) is 4.79 Å². The van der Waals surface area contributed by atoms with Crippen molar-refractivity contribution in [3.8, 4) is 0 Å². The van der Waals surface area contributed by atoms with Gasteiger partial charge in [0.2, 0.25) is 0 Å². The molecule has 3 rings (SSSR count). The van der Waals surface area contributed by atoms with E-state index in [2.05, 4.69) is 10.3 Å². The molecule has 0 aliphatic carbocycles. The molecule has 7 heteroatoms. The number of carboxylic acid groups (broad SMARTS) is 1. The van der Waals surface area contributed by atoms with Gasteiger partial charge in [0.15, 0.2) is 0 Å². The molecule has 0 saturated carbocycles. The van der Waals surface area contributed by atoms with Gasteiger partial charge in [-0.1, -0.05) is 29.3 Å². The smallest absolute Gasteiger partial charge is 0.335 e. The molecule has 0 radical (unpaired) electrons. The van der Waals surface area contributed by atoms with Crippen LogP contribution < -0.4 is 5.32 Å². The average Bonchev–Trinajstić information content (AvgIpc) is 2.77. The lowest BCUT2D eigenvalue weighted by Gasteiger charge is -2.02. The lowest BCUT2D eigenvalue weighted by molar-refractivity contribution is -0.110. The fourth-order valence-electron chi connectivity index (χ4n) is 2.13. The molecule has 1 aliphatic rings. The minimum Gasteiger partial charge on any atom is -0.478 e. The van der Waals surface area contributed by atoms with E-state index >= 15 is 0 Å². The quantitative estimate of drug-likeness (QED) is 0.877. The second kappa shape index (κ2) is 5.44. The van der Waals surface area contributed by atoms with Crippen molar-refractivity contribution in [2.24, 2.45) is 4.99 Å². The summed E-state index contributed by atoms with van der Waals surface area (Å²) < 4.78 is 0. The first-order valence-electron chi connectivity index (χ1n) is 6.18. The first kappa shape index (κ1) is 14.6. The zero-order chi connectivity index (χ0) is 15.9. The van der Waals surface area contributed by atoms with Crippen molar-refractivity contribution in [1.82, 2.24) is 0 Å². The van der Waals surface area contributed by atoms with E-state index in [0.717, 1.165) is 0 Å². The van der Waals surface area contributed by atoms with Crippen LogP contribution in [0.4, 0.5) is 11.4 Å². The molecule has 110 valence electrons. The first-order valence-corrected chi connectivity index (χ1v) is 6.94. The molecule has 0 bridgehead atoms. The first-order chi connectivity index (χ1) is 10.5. The second-order valence-electron chi connectivity index (χ2n) is 4.58. The molecular formula is C15H8Cl2N2O3. The van der Waals surface area contributed by atoms with E-state index in [4.69, 9.17) is 28.3 Å². The van der Waals surface area contributed by atoms with E-state index in [9.17, 15) is 9.59 Å². The van der Waals surface area contributed by atoms with Crippen LogP contribution in [0, 0.1) is 0 Å². The summed E-state index contributed by atoms with van der Waals surface area (Å²) in [6.45, 7) is 0. The van der Waals surface area contributed by atoms with Crippen LogP contribution in [0.5, 0.6) is 0 Å². The van der Waals surface area contributed by atoms with E-state index < -0.39 is 11.9 Å². The van der Waals surface area contributed by atoms with Crippen LogP contribution in [0.1, 0.15) is 15.9 Å². The van der Waals surface area contributed by atoms with E-state index in [1.165, 1.54) is 18.2 Å². The highest BCUT2D eigenvalue weighted by Gasteiger charge is 2.28. The predicted octanol–water partition coefficient (Wildman–Crippen LogP) is 3.76. The van der Waals surface area contributed by atoms with Gasteiger partial charge in [0, 0.05) is 10.6 Å². The van der Waals surface area contributed by atoms with Crippen molar-refractivity contribution in [1.29, 1.82) is 0 Å². The van der Waals surface area contributed by atoms with Gasteiger partial charge in [0.05, 0.1) is 22.0 Å². The molecule has 2 aromatic carbocycles. The summed E-state index contributed by atoms with van der Waals surface area (Å²) in [5, 5.41) is 12.3. The third-order valence-corrected chi connectivity index (χ3v) is 3.61. The van der Waals surface area contributed by atoms with Crippen molar-refractivity contribution in [2.45, 2.75) is 0 Å². The molecule has 22 heavy (non-hydrogen) atoms. The molecule has 0 unspecified atom stereocenters. The van der Waals surface area contributed by atoms with Gasteiger partial charge in [0.25, 0.3) is 5.91 Å². The van der Waals surface area contributed by atoms with Crippen LogP contribution in [0.25, 0.3) is 0 Å². The standard InChI is InChI=1S/C15H8Cl2N2O3/c16-8-5-10-12(11(17)6-8)19-14(20)13(10)18-9-3-1-2-7(4-9)15(21)22/h1-6H,(H,21,22)(H,18,19,20). The fraction of sp³-hybridized carbons (Fsp3) is 0. The van der Waals surface area contributed by atoms with Gasteiger partial charge < -0.3 is 10.4 Å². The van der Waals surface area contributed by atoms with Crippen LogP contribution in [0.15, 0.2) is 41.4 Å². The SMILES string of the molecule is O=C1Nc2c(Cl)cc(Cl)cc2C1=Nc1cccc(C(=O)O)c1. The number of anilines is 1. The Labute approximate surface area is 135 Å². The molecule has 2 aromatic rings. The zero-order valence-electron chi connectivity index (χ0n) is 10.9. The Morgan fingerprint density at radius 2 is 1.95 bits per heavy atom. The summed E-state index contributed by atoms with van der Waals surface area (Å²) in [7, 11) is 0. The van der Waals surface area contributed by atoms with E-state index in [0.29, 0.717) is 27.0 Å². The number of rotatable bonds is 2. The molecule has 5 nitrogen and oxygen atoms in total. The van der Waals surface area contributed by atoms with Crippen molar-refractivity contribution in [3.63, 3.8) is 0 Å². The van der Waals surface area contributed by atoms with Gasteiger partial charge in [-0.25, -0.2) is 9.79 Å². The third-order valence-electron chi connectivity index (χ3n) is 3.10. The van der Waals surface area contributed by atoms with E-state index in [1.54, 1.807) is 18.2 Å². The Morgan fingerprint density at radius 1 is 1.18 bits per heavy atom. The second-order valence-corrected chi connectivity index (χ2v) is 5.42. The number of carbonyl (C=O) groups excluding carboxylic acids is 1. The molecule has 2 N–H and O–H groups in total. The van der Waals surface area contributed by atoms with Crippen LogP contribution in [-0.2, 0) is 4.79 Å². The Balaban J connectivity index is 2.12. The average molecular weight is 335 g/mol. The molecule has 1 amide bonds. The normalized spacial score (nSPS) is 14.8. The largest absolute Gasteiger partial charge is 0.478 e. The minimum atomic E-state index is -1.07. The Bertz CT molecular complexity index is 847. The summed E-state index contributed by atoms with van der Waals surface area (Å²) in [5.74, 6) is -1.48. The molecule has 0 atom stereocenters. The molecule has 0 saturated heterocycles. The number of hydrogen-bond donors (Lipinski definition) is 2. The number of amides is 1. The van der Waals surface area contributed by atoms with Gasteiger partial charge in [-0.15, -0.1) is 0 Å². The Kier molecular flexibility index (Phi) is 3.60. The number of aliphatic imine (C=N–C) groups is 1. The lowest BCUT2D eigenvalue weighted by Crippen LogP contribution is -2.14. The lowest BCUT2D eigenvalue weighted by atomic mass is 10.1. The zero-order valence-corrected chi connectivity index (χ0v) is 12.4. The van der Waals surface area contributed by atoms with Crippen LogP contribution in [0.2, 0.25) is 10.0 Å². The number of nitrogens with one attached hydrogen (secondary N) is 1. The molecular weight excluding hydrogens is 327 g/mol. The van der Waals surface area contributed by atoms with Crippen molar-refractivity contribution < 1.29 is 14.7 Å². The maximum Gasteiger partial charge on any atom is 0.335 e. The number of aromatic carboxylic acids is 1. The van der Waals surface area contributed by atoms with Crippen LogP contribution >= 0.6 is 23.2 Å².